The fourth-order valence-corrected chi connectivity index (χ4v) is 5.82. The average Bonchev–Trinajstić information content (AvgIpc) is 2.80. The van der Waals surface area contributed by atoms with Gasteiger partial charge in [0.25, 0.3) is 0 Å². The SMILES string of the molecule is CC(C)N(C)S(=O)(=O)c1ccc(NC(=O)CN2CCC(NC(=O)NC3CCCCC3)CC2)cc1. The third-order valence-corrected chi connectivity index (χ3v) is 8.82. The van der Waals surface area contributed by atoms with Crippen molar-refractivity contribution in [3.8, 4) is 0 Å². The Labute approximate surface area is 203 Å². The Morgan fingerprint density at radius 3 is 2.09 bits per heavy atom. The van der Waals surface area contributed by atoms with Gasteiger partial charge in [-0.2, -0.15) is 4.31 Å². The second-order valence-electron chi connectivity index (χ2n) is 9.69. The molecule has 10 heteroatoms. The van der Waals surface area contributed by atoms with Gasteiger partial charge in [-0.25, -0.2) is 13.2 Å². The lowest BCUT2D eigenvalue weighted by Gasteiger charge is -2.32. The molecule has 0 spiro atoms. The molecule has 2 aliphatic rings. The predicted octanol–water partition coefficient (Wildman–Crippen LogP) is 2.75. The van der Waals surface area contributed by atoms with Crippen molar-refractivity contribution in [3.63, 3.8) is 0 Å². The van der Waals surface area contributed by atoms with Crippen LogP contribution in [0.2, 0.25) is 0 Å². The number of hydrogen-bond acceptors (Lipinski definition) is 5. The zero-order valence-corrected chi connectivity index (χ0v) is 21.4. The third-order valence-electron chi connectivity index (χ3n) is 6.77. The fraction of sp³-hybridized carbons (Fsp3) is 0.667. The number of sulfonamides is 1. The molecule has 0 unspecified atom stereocenters. The number of anilines is 1. The standard InChI is InChI=1S/C24H39N5O4S/c1-18(2)28(3)34(32,33)22-11-9-20(10-12-22)25-23(30)17-29-15-13-21(14-16-29)27-24(31)26-19-7-5-4-6-8-19/h9-12,18-19,21H,4-8,13-17H2,1-3H3,(H,25,30)(H2,26,27,31). The molecule has 3 N–H and O–H groups in total. The van der Waals surface area contributed by atoms with Gasteiger partial charge in [-0.05, 0) is 63.8 Å². The molecule has 2 fully saturated rings. The largest absolute Gasteiger partial charge is 0.335 e. The highest BCUT2D eigenvalue weighted by molar-refractivity contribution is 7.89. The minimum atomic E-state index is -3.55. The first-order valence-electron chi connectivity index (χ1n) is 12.3. The Hall–Kier alpha value is -2.17. The van der Waals surface area contributed by atoms with Gasteiger partial charge < -0.3 is 16.0 Å². The molecule has 3 amide bonds. The van der Waals surface area contributed by atoms with Crippen LogP contribution in [0.1, 0.15) is 58.8 Å². The molecule has 0 aromatic heterocycles. The topological polar surface area (TPSA) is 111 Å². The molecule has 1 aromatic rings. The normalized spacial score (nSPS) is 18.7. The van der Waals surface area contributed by atoms with E-state index in [1.807, 2.05) is 13.8 Å². The predicted molar refractivity (Wildman–Crippen MR) is 133 cm³/mol. The van der Waals surface area contributed by atoms with E-state index < -0.39 is 10.0 Å². The highest BCUT2D eigenvalue weighted by Gasteiger charge is 2.25. The first-order valence-corrected chi connectivity index (χ1v) is 13.8. The number of amides is 3. The second kappa shape index (κ2) is 12.0. The van der Waals surface area contributed by atoms with Gasteiger partial charge in [0.2, 0.25) is 15.9 Å². The Morgan fingerprint density at radius 1 is 0.971 bits per heavy atom. The summed E-state index contributed by atoms with van der Waals surface area (Å²) in [5.41, 5.74) is 0.562. The number of carbonyl (C=O) groups is 2. The molecular formula is C24H39N5O4S. The van der Waals surface area contributed by atoms with E-state index >= 15 is 0 Å². The molecule has 9 nitrogen and oxygen atoms in total. The summed E-state index contributed by atoms with van der Waals surface area (Å²) in [4.78, 5) is 27.0. The van der Waals surface area contributed by atoms with Gasteiger partial charge in [0.15, 0.2) is 0 Å². The van der Waals surface area contributed by atoms with Crippen LogP contribution in [0.5, 0.6) is 0 Å². The van der Waals surface area contributed by atoms with E-state index in [4.69, 9.17) is 0 Å². The molecule has 1 saturated heterocycles. The maximum absolute atomic E-state index is 12.6. The van der Waals surface area contributed by atoms with Crippen molar-refractivity contribution in [2.45, 2.75) is 81.8 Å². The summed E-state index contributed by atoms with van der Waals surface area (Å²) in [7, 11) is -2.00. The molecular weight excluding hydrogens is 454 g/mol. The molecule has 1 aliphatic carbocycles. The van der Waals surface area contributed by atoms with Gasteiger partial charge in [0, 0.05) is 44.0 Å². The van der Waals surface area contributed by atoms with Gasteiger partial charge >= 0.3 is 6.03 Å². The van der Waals surface area contributed by atoms with Gasteiger partial charge in [0.05, 0.1) is 11.4 Å². The van der Waals surface area contributed by atoms with E-state index in [1.54, 1.807) is 19.2 Å². The summed E-state index contributed by atoms with van der Waals surface area (Å²) in [6, 6.07) is 6.45. The Kier molecular flexibility index (Phi) is 9.32. The van der Waals surface area contributed by atoms with Crippen LogP contribution in [-0.2, 0) is 14.8 Å². The van der Waals surface area contributed by atoms with Crippen LogP contribution < -0.4 is 16.0 Å². The molecule has 0 radical (unpaired) electrons. The lowest BCUT2D eigenvalue weighted by Crippen LogP contribution is -2.51. The van der Waals surface area contributed by atoms with Gasteiger partial charge in [0.1, 0.15) is 0 Å². The lowest BCUT2D eigenvalue weighted by molar-refractivity contribution is -0.117. The van der Waals surface area contributed by atoms with Crippen LogP contribution in [-0.4, -0.2) is 74.4 Å². The van der Waals surface area contributed by atoms with Gasteiger partial charge in [-0.1, -0.05) is 19.3 Å². The van der Waals surface area contributed by atoms with Crippen molar-refractivity contribution in [3.05, 3.63) is 24.3 Å². The van der Waals surface area contributed by atoms with Crippen molar-refractivity contribution in [2.24, 2.45) is 0 Å². The number of nitrogens with zero attached hydrogens (tertiary/aromatic N) is 2. The lowest BCUT2D eigenvalue weighted by atomic mass is 9.96. The summed E-state index contributed by atoms with van der Waals surface area (Å²) in [5.74, 6) is -0.142. The summed E-state index contributed by atoms with van der Waals surface area (Å²) in [6.07, 6.45) is 7.37. The summed E-state index contributed by atoms with van der Waals surface area (Å²) in [5, 5.41) is 9.02. The summed E-state index contributed by atoms with van der Waals surface area (Å²) in [6.45, 7) is 5.37. The maximum atomic E-state index is 12.6. The van der Waals surface area contributed by atoms with Crippen LogP contribution in [0, 0.1) is 0 Å². The monoisotopic (exact) mass is 493 g/mol. The number of likely N-dealkylation sites (tertiary alicyclic amines) is 1. The minimum absolute atomic E-state index is 0.0758. The van der Waals surface area contributed by atoms with Crippen molar-refractivity contribution in [2.75, 3.05) is 32.0 Å². The van der Waals surface area contributed by atoms with Crippen molar-refractivity contribution in [1.82, 2.24) is 19.8 Å². The second-order valence-corrected chi connectivity index (χ2v) is 11.7. The Balaban J connectivity index is 1.40. The van der Waals surface area contributed by atoms with Crippen molar-refractivity contribution < 1.29 is 18.0 Å². The van der Waals surface area contributed by atoms with E-state index in [1.165, 1.54) is 35.7 Å². The number of benzene rings is 1. The Bertz CT molecular complexity index is 921. The van der Waals surface area contributed by atoms with Gasteiger partial charge in [-0.15, -0.1) is 0 Å². The third kappa shape index (κ3) is 7.41. The smallest absolute Gasteiger partial charge is 0.315 e. The molecule has 34 heavy (non-hydrogen) atoms. The van der Waals surface area contributed by atoms with Crippen molar-refractivity contribution >= 4 is 27.6 Å². The molecule has 1 heterocycles. The van der Waals surface area contributed by atoms with E-state index in [-0.39, 0.29) is 35.5 Å². The molecule has 0 bridgehead atoms. The zero-order valence-electron chi connectivity index (χ0n) is 20.5. The van der Waals surface area contributed by atoms with E-state index in [0.29, 0.717) is 11.7 Å². The molecule has 1 aliphatic heterocycles. The molecule has 3 rings (SSSR count). The first-order chi connectivity index (χ1) is 16.1. The number of carbonyl (C=O) groups excluding carboxylic acids is 2. The van der Waals surface area contributed by atoms with E-state index in [0.717, 1.165) is 38.8 Å². The van der Waals surface area contributed by atoms with Crippen LogP contribution in [0.4, 0.5) is 10.5 Å². The molecule has 190 valence electrons. The van der Waals surface area contributed by atoms with Crippen LogP contribution in [0.15, 0.2) is 29.2 Å². The fourth-order valence-electron chi connectivity index (χ4n) is 4.45. The van der Waals surface area contributed by atoms with Crippen LogP contribution in [0.3, 0.4) is 0 Å². The molecule has 1 saturated carbocycles. The number of hydrogen-bond donors (Lipinski definition) is 3. The maximum Gasteiger partial charge on any atom is 0.315 e. The number of rotatable bonds is 8. The molecule has 0 atom stereocenters. The first kappa shape index (κ1) is 26.4. The number of nitrogens with one attached hydrogen (secondary N) is 3. The zero-order chi connectivity index (χ0) is 24.7. The summed E-state index contributed by atoms with van der Waals surface area (Å²) < 4.78 is 26.4. The van der Waals surface area contributed by atoms with Crippen LogP contribution in [0.25, 0.3) is 0 Å². The average molecular weight is 494 g/mol. The van der Waals surface area contributed by atoms with Crippen molar-refractivity contribution in [1.29, 1.82) is 0 Å². The number of piperidine rings is 1. The number of urea groups is 1. The highest BCUT2D eigenvalue weighted by Crippen LogP contribution is 2.20. The Morgan fingerprint density at radius 2 is 1.53 bits per heavy atom. The summed E-state index contributed by atoms with van der Waals surface area (Å²) >= 11 is 0. The molecule has 1 aromatic carbocycles. The van der Waals surface area contributed by atoms with Gasteiger partial charge in [-0.3, -0.25) is 9.69 Å². The van der Waals surface area contributed by atoms with E-state index in [2.05, 4.69) is 20.9 Å². The van der Waals surface area contributed by atoms with E-state index in [9.17, 15) is 18.0 Å². The minimum Gasteiger partial charge on any atom is -0.335 e. The van der Waals surface area contributed by atoms with Crippen LogP contribution >= 0.6 is 0 Å². The highest BCUT2D eigenvalue weighted by atomic mass is 32.2. The quantitative estimate of drug-likeness (QED) is 0.516.